The van der Waals surface area contributed by atoms with Crippen LogP contribution in [0.3, 0.4) is 0 Å². The van der Waals surface area contributed by atoms with Gasteiger partial charge in [0, 0.05) is 11.1 Å². The van der Waals surface area contributed by atoms with Crippen LogP contribution in [0.4, 0.5) is 0 Å². The van der Waals surface area contributed by atoms with Crippen LogP contribution in [0.15, 0.2) is 42.5 Å². The van der Waals surface area contributed by atoms with Crippen molar-refractivity contribution in [1.82, 2.24) is 0 Å². The monoisotopic (exact) mass is 242 g/mol. The molecule has 0 spiro atoms. The predicted molar refractivity (Wildman–Crippen MR) is 64.1 cm³/mol. The minimum absolute atomic E-state index is 0.0305. The van der Waals surface area contributed by atoms with Crippen LogP contribution in [0, 0.1) is 0 Å². The first-order valence-electron chi connectivity index (χ1n) is 5.49. The minimum Gasteiger partial charge on any atom is -0.508 e. The molecule has 0 radical (unpaired) electrons. The standard InChI is InChI=1S/C14H10O4/c15-8-5-6-12-10(7-8)13(14(16)17)9-3-1-2-4-11(9)18-12/h1-7,13,15H,(H,16,17). The Morgan fingerprint density at radius 1 is 1.06 bits per heavy atom. The molecule has 0 aliphatic carbocycles. The smallest absolute Gasteiger partial charge is 0.315 e. The van der Waals surface area contributed by atoms with E-state index in [0.717, 1.165) is 0 Å². The Morgan fingerprint density at radius 2 is 1.78 bits per heavy atom. The first-order chi connectivity index (χ1) is 8.66. The number of carboxylic acid groups (broad SMARTS) is 1. The van der Waals surface area contributed by atoms with Gasteiger partial charge in [-0.15, -0.1) is 0 Å². The number of carboxylic acids is 1. The van der Waals surface area contributed by atoms with Crippen LogP contribution in [0.5, 0.6) is 17.2 Å². The van der Waals surface area contributed by atoms with Gasteiger partial charge < -0.3 is 14.9 Å². The Hall–Kier alpha value is -2.49. The number of fused-ring (bicyclic) bond motifs is 2. The number of hydrogen-bond acceptors (Lipinski definition) is 3. The number of phenolic OH excluding ortho intramolecular Hbond substituents is 1. The molecule has 1 aliphatic heterocycles. The van der Waals surface area contributed by atoms with Gasteiger partial charge >= 0.3 is 5.97 Å². The number of rotatable bonds is 1. The molecule has 1 atom stereocenters. The van der Waals surface area contributed by atoms with Crippen molar-refractivity contribution in [2.24, 2.45) is 0 Å². The summed E-state index contributed by atoms with van der Waals surface area (Å²) < 4.78 is 5.64. The van der Waals surface area contributed by atoms with E-state index in [1.54, 1.807) is 30.3 Å². The number of aromatic hydroxyl groups is 1. The van der Waals surface area contributed by atoms with E-state index in [4.69, 9.17) is 4.74 Å². The first kappa shape index (κ1) is 10.7. The van der Waals surface area contributed by atoms with Crippen LogP contribution in [0.2, 0.25) is 0 Å². The minimum atomic E-state index is -0.961. The number of hydrogen-bond donors (Lipinski definition) is 2. The van der Waals surface area contributed by atoms with Crippen molar-refractivity contribution in [3.63, 3.8) is 0 Å². The normalized spacial score (nSPS) is 16.3. The lowest BCUT2D eigenvalue weighted by atomic mass is 9.88. The summed E-state index contributed by atoms with van der Waals surface area (Å²) in [5.41, 5.74) is 1.07. The van der Waals surface area contributed by atoms with Gasteiger partial charge in [-0.3, -0.25) is 4.79 Å². The van der Waals surface area contributed by atoms with Crippen molar-refractivity contribution < 1.29 is 19.7 Å². The molecule has 2 aromatic carbocycles. The highest BCUT2D eigenvalue weighted by atomic mass is 16.5. The third-order valence-corrected chi connectivity index (χ3v) is 3.00. The second kappa shape index (κ2) is 3.77. The molecule has 18 heavy (non-hydrogen) atoms. The highest BCUT2D eigenvalue weighted by molar-refractivity contribution is 5.84. The zero-order valence-electron chi connectivity index (χ0n) is 9.33. The fourth-order valence-corrected chi connectivity index (χ4v) is 2.22. The third kappa shape index (κ3) is 1.50. The van der Waals surface area contributed by atoms with Crippen molar-refractivity contribution in [3.05, 3.63) is 53.6 Å². The Labute approximate surface area is 103 Å². The second-order valence-electron chi connectivity index (χ2n) is 4.13. The van der Waals surface area contributed by atoms with Gasteiger partial charge in [0.2, 0.25) is 0 Å². The van der Waals surface area contributed by atoms with Gasteiger partial charge in [-0.1, -0.05) is 18.2 Å². The van der Waals surface area contributed by atoms with Gasteiger partial charge in [0.1, 0.15) is 23.2 Å². The van der Waals surface area contributed by atoms with E-state index in [0.29, 0.717) is 22.6 Å². The second-order valence-corrected chi connectivity index (χ2v) is 4.13. The van der Waals surface area contributed by atoms with Crippen molar-refractivity contribution in [1.29, 1.82) is 0 Å². The fraction of sp³-hybridized carbons (Fsp3) is 0.0714. The molecule has 0 fully saturated rings. The number of phenols is 1. The molecule has 1 unspecified atom stereocenters. The van der Waals surface area contributed by atoms with Crippen molar-refractivity contribution in [3.8, 4) is 17.2 Å². The number of ether oxygens (including phenoxy) is 1. The van der Waals surface area contributed by atoms with Gasteiger partial charge in [-0.2, -0.15) is 0 Å². The third-order valence-electron chi connectivity index (χ3n) is 3.00. The van der Waals surface area contributed by atoms with Crippen LogP contribution in [0.1, 0.15) is 17.0 Å². The Morgan fingerprint density at radius 3 is 2.56 bits per heavy atom. The maximum absolute atomic E-state index is 11.5. The molecule has 1 aliphatic rings. The average Bonchev–Trinajstić information content (AvgIpc) is 2.35. The van der Waals surface area contributed by atoms with E-state index in [9.17, 15) is 15.0 Å². The van der Waals surface area contributed by atoms with Crippen LogP contribution >= 0.6 is 0 Å². The fourth-order valence-electron chi connectivity index (χ4n) is 2.22. The summed E-state index contributed by atoms with van der Waals surface area (Å²) in [7, 11) is 0. The first-order valence-corrected chi connectivity index (χ1v) is 5.49. The van der Waals surface area contributed by atoms with Crippen molar-refractivity contribution in [2.75, 3.05) is 0 Å². The zero-order chi connectivity index (χ0) is 12.7. The highest BCUT2D eigenvalue weighted by Gasteiger charge is 2.32. The zero-order valence-corrected chi connectivity index (χ0v) is 9.33. The molecule has 2 aromatic rings. The molecule has 1 heterocycles. The Kier molecular flexibility index (Phi) is 2.23. The molecule has 0 saturated heterocycles. The van der Waals surface area contributed by atoms with E-state index >= 15 is 0 Å². The summed E-state index contributed by atoms with van der Waals surface area (Å²) in [6.45, 7) is 0. The summed E-state index contributed by atoms with van der Waals surface area (Å²) in [4.78, 5) is 11.5. The van der Waals surface area contributed by atoms with Gasteiger partial charge in [0.25, 0.3) is 0 Å². The predicted octanol–water partition coefficient (Wildman–Crippen LogP) is 2.71. The number of aliphatic carboxylic acids is 1. The van der Waals surface area contributed by atoms with Crippen LogP contribution in [-0.4, -0.2) is 16.2 Å². The van der Waals surface area contributed by atoms with Gasteiger partial charge in [-0.05, 0) is 24.3 Å². The number of carbonyl (C=O) groups is 1. The summed E-state index contributed by atoms with van der Waals surface area (Å²) in [5, 5.41) is 18.9. The molecule has 3 rings (SSSR count). The molecule has 4 heteroatoms. The van der Waals surface area contributed by atoms with Crippen LogP contribution < -0.4 is 4.74 Å². The molecule has 0 amide bonds. The van der Waals surface area contributed by atoms with E-state index in [-0.39, 0.29) is 5.75 Å². The van der Waals surface area contributed by atoms with Crippen LogP contribution in [0.25, 0.3) is 0 Å². The van der Waals surface area contributed by atoms with Crippen molar-refractivity contribution in [2.45, 2.75) is 5.92 Å². The summed E-state index contributed by atoms with van der Waals surface area (Å²) >= 11 is 0. The molecular formula is C14H10O4. The lowest BCUT2D eigenvalue weighted by Gasteiger charge is -2.25. The summed E-state index contributed by atoms with van der Waals surface area (Å²) in [6, 6.07) is 11.5. The average molecular weight is 242 g/mol. The van der Waals surface area contributed by atoms with Gasteiger partial charge in [0.05, 0.1) is 0 Å². The van der Waals surface area contributed by atoms with Gasteiger partial charge in [-0.25, -0.2) is 0 Å². The quantitative estimate of drug-likeness (QED) is 0.806. The molecule has 4 nitrogen and oxygen atoms in total. The van der Waals surface area contributed by atoms with E-state index in [2.05, 4.69) is 0 Å². The maximum atomic E-state index is 11.5. The SMILES string of the molecule is O=C(O)C1c2ccccc2Oc2ccc(O)cc21. The Bertz CT molecular complexity index is 633. The molecule has 2 N–H and O–H groups in total. The molecule has 0 saturated carbocycles. The lowest BCUT2D eigenvalue weighted by Crippen LogP contribution is -2.18. The van der Waals surface area contributed by atoms with E-state index in [1.165, 1.54) is 12.1 Å². The van der Waals surface area contributed by atoms with E-state index < -0.39 is 11.9 Å². The topological polar surface area (TPSA) is 66.8 Å². The lowest BCUT2D eigenvalue weighted by molar-refractivity contribution is -0.137. The molecule has 0 bridgehead atoms. The molecule has 90 valence electrons. The summed E-state index contributed by atoms with van der Waals surface area (Å²) in [6.07, 6.45) is 0. The maximum Gasteiger partial charge on any atom is 0.315 e. The number of para-hydroxylation sites is 1. The summed E-state index contributed by atoms with van der Waals surface area (Å²) in [5.74, 6) is -0.723. The van der Waals surface area contributed by atoms with Crippen molar-refractivity contribution >= 4 is 5.97 Å². The largest absolute Gasteiger partial charge is 0.508 e. The molecular weight excluding hydrogens is 232 g/mol. The number of benzene rings is 2. The molecule has 0 aromatic heterocycles. The van der Waals surface area contributed by atoms with E-state index in [1.807, 2.05) is 0 Å². The van der Waals surface area contributed by atoms with Crippen LogP contribution in [-0.2, 0) is 4.79 Å². The van der Waals surface area contributed by atoms with Gasteiger partial charge in [0.15, 0.2) is 0 Å². The Balaban J connectivity index is 2.24. The highest BCUT2D eigenvalue weighted by Crippen LogP contribution is 2.45.